The predicted molar refractivity (Wildman–Crippen MR) is 137 cm³/mol. The van der Waals surface area contributed by atoms with Crippen LogP contribution < -0.4 is 15.1 Å². The van der Waals surface area contributed by atoms with Gasteiger partial charge in [-0.25, -0.2) is 4.39 Å². The standard InChI is InChI=1S/C28H29FN6O/c1-17-11-33(25-5-4-18(9-30)28-22(25)3-2-6-31-28)15-27-23-8-24(29)26(7-19(23)12-35(17)27)34-13-20-16-36-21(14-34)10-32-20/h2-8,17,20-21,27,32H,10-16H2,1H3/t17-,20?,21?,27-/m1/s1. The SMILES string of the molecule is C[C@@H]1CN(c2ccc(C#N)c3ncccc23)C[C@@H]2c3cc(F)c(N4CC5COC(CN5)C4)cc3CN12. The van der Waals surface area contributed by atoms with E-state index in [2.05, 4.69) is 44.1 Å². The van der Waals surface area contributed by atoms with Crippen LogP contribution in [0.25, 0.3) is 10.9 Å². The molecule has 1 aromatic heterocycles. The quantitative estimate of drug-likeness (QED) is 0.599. The number of rotatable bonds is 2. The molecule has 2 aromatic carbocycles. The second kappa shape index (κ2) is 8.41. The molecule has 0 amide bonds. The first-order valence-corrected chi connectivity index (χ1v) is 12.8. The van der Waals surface area contributed by atoms with Gasteiger partial charge in [0.05, 0.1) is 35.5 Å². The first-order valence-electron chi connectivity index (χ1n) is 12.8. The number of fused-ring (bicyclic) bond motifs is 8. The summed E-state index contributed by atoms with van der Waals surface area (Å²) in [5.41, 5.74) is 5.43. The van der Waals surface area contributed by atoms with Crippen LogP contribution in [0.3, 0.4) is 0 Å². The maximum absolute atomic E-state index is 15.6. The molecular formula is C28H29FN6O. The van der Waals surface area contributed by atoms with Crippen molar-refractivity contribution in [2.75, 3.05) is 49.1 Å². The zero-order valence-corrected chi connectivity index (χ0v) is 20.3. The minimum atomic E-state index is -0.144. The first kappa shape index (κ1) is 22.0. The molecule has 8 heteroatoms. The van der Waals surface area contributed by atoms with Crippen molar-refractivity contribution in [3.63, 3.8) is 0 Å². The van der Waals surface area contributed by atoms with E-state index in [0.717, 1.165) is 61.4 Å². The van der Waals surface area contributed by atoms with Crippen LogP contribution >= 0.6 is 0 Å². The summed E-state index contributed by atoms with van der Waals surface area (Å²) in [6.45, 7) is 7.74. The van der Waals surface area contributed by atoms with Crippen molar-refractivity contribution in [3.8, 4) is 6.07 Å². The fraction of sp³-hybridized carbons (Fsp3) is 0.429. The van der Waals surface area contributed by atoms with Gasteiger partial charge in [-0.1, -0.05) is 0 Å². The lowest BCUT2D eigenvalue weighted by Crippen LogP contribution is -2.51. The normalized spacial score (nSPS) is 27.6. The van der Waals surface area contributed by atoms with Crippen molar-refractivity contribution in [3.05, 3.63) is 65.1 Å². The highest BCUT2D eigenvalue weighted by atomic mass is 19.1. The molecule has 6 heterocycles. The van der Waals surface area contributed by atoms with Crippen LogP contribution in [0.5, 0.6) is 0 Å². The van der Waals surface area contributed by atoms with Gasteiger partial charge in [0.15, 0.2) is 0 Å². The number of nitriles is 1. The molecule has 36 heavy (non-hydrogen) atoms. The van der Waals surface area contributed by atoms with Crippen LogP contribution in [-0.4, -0.2) is 67.4 Å². The van der Waals surface area contributed by atoms with Gasteiger partial charge in [0.1, 0.15) is 11.9 Å². The Morgan fingerprint density at radius 1 is 1.11 bits per heavy atom. The van der Waals surface area contributed by atoms with Crippen molar-refractivity contribution in [2.45, 2.75) is 37.7 Å². The highest BCUT2D eigenvalue weighted by Gasteiger charge is 2.40. The van der Waals surface area contributed by atoms with E-state index < -0.39 is 0 Å². The number of anilines is 2. The zero-order chi connectivity index (χ0) is 24.4. The van der Waals surface area contributed by atoms with Gasteiger partial charge < -0.3 is 19.9 Å². The molecule has 0 saturated carbocycles. The average Bonchev–Trinajstić information content (AvgIpc) is 3.03. The second-order valence-corrected chi connectivity index (χ2v) is 10.6. The zero-order valence-electron chi connectivity index (χ0n) is 20.3. The van der Waals surface area contributed by atoms with E-state index in [1.54, 1.807) is 12.3 Å². The Labute approximate surface area is 210 Å². The van der Waals surface area contributed by atoms with Gasteiger partial charge in [-0.05, 0) is 54.4 Å². The Balaban J connectivity index is 1.22. The van der Waals surface area contributed by atoms with Crippen LogP contribution in [-0.2, 0) is 11.3 Å². The number of hydrogen-bond donors (Lipinski definition) is 1. The minimum absolute atomic E-state index is 0.105. The minimum Gasteiger partial charge on any atom is -0.373 e. The van der Waals surface area contributed by atoms with Gasteiger partial charge in [0, 0.05) is 68.6 Å². The van der Waals surface area contributed by atoms with Crippen LogP contribution in [0.2, 0.25) is 0 Å². The van der Waals surface area contributed by atoms with E-state index in [1.165, 1.54) is 5.56 Å². The number of piperazine rings is 1. The third kappa shape index (κ3) is 3.46. The van der Waals surface area contributed by atoms with E-state index in [9.17, 15) is 5.26 Å². The number of ether oxygens (including phenoxy) is 1. The van der Waals surface area contributed by atoms with Gasteiger partial charge in [-0.3, -0.25) is 9.88 Å². The highest BCUT2D eigenvalue weighted by molar-refractivity contribution is 5.95. The molecule has 0 aliphatic carbocycles. The van der Waals surface area contributed by atoms with E-state index >= 15 is 4.39 Å². The van der Waals surface area contributed by atoms with Crippen LogP contribution in [0.4, 0.5) is 15.8 Å². The van der Waals surface area contributed by atoms with E-state index in [4.69, 9.17) is 4.74 Å². The smallest absolute Gasteiger partial charge is 0.146 e. The van der Waals surface area contributed by atoms with Crippen molar-refractivity contribution in [2.24, 2.45) is 0 Å². The molecule has 5 aliphatic rings. The van der Waals surface area contributed by atoms with E-state index in [0.29, 0.717) is 23.9 Å². The lowest BCUT2D eigenvalue weighted by atomic mass is 9.99. The van der Waals surface area contributed by atoms with Gasteiger partial charge in [-0.2, -0.15) is 5.26 Å². The molecule has 0 spiro atoms. The molecule has 5 aliphatic heterocycles. The predicted octanol–water partition coefficient (Wildman–Crippen LogP) is 3.19. The highest BCUT2D eigenvalue weighted by Crippen LogP contribution is 2.43. The monoisotopic (exact) mass is 484 g/mol. The Hall–Kier alpha value is -3.25. The summed E-state index contributed by atoms with van der Waals surface area (Å²) in [5, 5.41) is 14.0. The fourth-order valence-electron chi connectivity index (χ4n) is 6.57. The molecule has 4 fully saturated rings. The van der Waals surface area contributed by atoms with Crippen molar-refractivity contribution in [1.82, 2.24) is 15.2 Å². The summed E-state index contributed by atoms with van der Waals surface area (Å²) in [6, 6.07) is 14.7. The third-order valence-electron chi connectivity index (χ3n) is 8.35. The molecule has 0 radical (unpaired) electrons. The molecule has 2 bridgehead atoms. The number of benzene rings is 2. The summed E-state index contributed by atoms with van der Waals surface area (Å²) in [6.07, 6.45) is 1.84. The van der Waals surface area contributed by atoms with Crippen LogP contribution in [0, 0.1) is 17.1 Å². The molecule has 7 nitrogen and oxygen atoms in total. The third-order valence-corrected chi connectivity index (χ3v) is 8.35. The number of pyridine rings is 1. The maximum Gasteiger partial charge on any atom is 0.146 e. The Bertz CT molecular complexity index is 1370. The summed E-state index contributed by atoms with van der Waals surface area (Å²) < 4.78 is 21.5. The van der Waals surface area contributed by atoms with Gasteiger partial charge in [0.2, 0.25) is 0 Å². The van der Waals surface area contributed by atoms with Crippen molar-refractivity contribution in [1.29, 1.82) is 5.26 Å². The number of morpholine rings is 1. The summed E-state index contributed by atoms with van der Waals surface area (Å²) in [5.74, 6) is -0.144. The number of nitrogens with one attached hydrogen (secondary N) is 1. The first-order chi connectivity index (χ1) is 17.6. The Kier molecular flexibility index (Phi) is 5.14. The van der Waals surface area contributed by atoms with E-state index in [1.807, 2.05) is 24.3 Å². The van der Waals surface area contributed by atoms with Crippen LogP contribution in [0.15, 0.2) is 42.6 Å². The fourth-order valence-corrected chi connectivity index (χ4v) is 6.57. The van der Waals surface area contributed by atoms with Gasteiger partial charge in [-0.15, -0.1) is 0 Å². The Morgan fingerprint density at radius 3 is 2.83 bits per heavy atom. The molecule has 4 saturated heterocycles. The molecule has 2 unspecified atom stereocenters. The molecule has 1 N–H and O–H groups in total. The Morgan fingerprint density at radius 2 is 2.00 bits per heavy atom. The summed E-state index contributed by atoms with van der Waals surface area (Å²) in [7, 11) is 0. The lowest BCUT2D eigenvalue weighted by Gasteiger charge is -2.43. The van der Waals surface area contributed by atoms with Gasteiger partial charge in [0.25, 0.3) is 0 Å². The van der Waals surface area contributed by atoms with Crippen molar-refractivity contribution >= 4 is 22.3 Å². The number of halogens is 1. The number of hydrogen-bond acceptors (Lipinski definition) is 7. The molecule has 184 valence electrons. The average molecular weight is 485 g/mol. The van der Waals surface area contributed by atoms with Gasteiger partial charge >= 0.3 is 0 Å². The van der Waals surface area contributed by atoms with Crippen LogP contribution in [0.1, 0.15) is 29.7 Å². The number of aromatic nitrogens is 1. The number of nitrogens with zero attached hydrogens (tertiary/aromatic N) is 5. The van der Waals surface area contributed by atoms with E-state index in [-0.39, 0.29) is 24.0 Å². The molecule has 8 rings (SSSR count). The molecule has 3 aromatic rings. The molecule has 4 atom stereocenters. The largest absolute Gasteiger partial charge is 0.373 e. The summed E-state index contributed by atoms with van der Waals surface area (Å²) in [4.78, 5) is 11.5. The maximum atomic E-state index is 15.6. The lowest BCUT2D eigenvalue weighted by molar-refractivity contribution is 0.0259. The molecular weight excluding hydrogens is 455 g/mol. The summed E-state index contributed by atoms with van der Waals surface area (Å²) >= 11 is 0. The van der Waals surface area contributed by atoms with Crippen molar-refractivity contribution < 1.29 is 9.13 Å². The topological polar surface area (TPSA) is 67.7 Å². The second-order valence-electron chi connectivity index (χ2n) is 10.6.